The van der Waals surface area contributed by atoms with E-state index in [0.29, 0.717) is 16.9 Å². The highest BCUT2D eigenvalue weighted by molar-refractivity contribution is 6.07. The Morgan fingerprint density at radius 3 is 2.83 bits per heavy atom. The molecule has 0 radical (unpaired) electrons. The lowest BCUT2D eigenvalue weighted by molar-refractivity contribution is -0.121. The average molecular weight is 248 g/mol. The first kappa shape index (κ1) is 12.4. The lowest BCUT2D eigenvalue weighted by atomic mass is 9.97. The zero-order valence-corrected chi connectivity index (χ0v) is 10.3. The summed E-state index contributed by atoms with van der Waals surface area (Å²) in [4.78, 5) is 12.0. The molecular weight excluding hydrogens is 232 g/mol. The van der Waals surface area contributed by atoms with Gasteiger partial charge in [-0.25, -0.2) is 0 Å². The van der Waals surface area contributed by atoms with Crippen molar-refractivity contribution in [1.82, 2.24) is 0 Å². The Morgan fingerprint density at radius 1 is 1.50 bits per heavy atom. The smallest absolute Gasteiger partial charge is 0.252 e. The molecule has 0 aromatic heterocycles. The first-order valence-corrected chi connectivity index (χ1v) is 5.53. The molecule has 1 aliphatic heterocycles. The number of anilines is 3. The molecule has 1 amide bonds. The van der Waals surface area contributed by atoms with Gasteiger partial charge in [0.05, 0.1) is 18.0 Å². The van der Waals surface area contributed by atoms with Crippen molar-refractivity contribution in [2.45, 2.75) is 12.5 Å². The predicted molar refractivity (Wildman–Crippen MR) is 71.3 cm³/mol. The fourth-order valence-corrected chi connectivity index (χ4v) is 1.97. The molecule has 1 aromatic rings. The second-order valence-corrected chi connectivity index (χ2v) is 4.52. The van der Waals surface area contributed by atoms with E-state index in [1.807, 2.05) is 0 Å². The number of hydrogen-bond donors (Lipinski definition) is 4. The van der Waals surface area contributed by atoms with Crippen molar-refractivity contribution in [3.8, 4) is 0 Å². The van der Waals surface area contributed by atoms with Crippen molar-refractivity contribution in [3.63, 3.8) is 0 Å². The van der Waals surface area contributed by atoms with Gasteiger partial charge in [-0.05, 0) is 19.1 Å². The van der Waals surface area contributed by atoms with Gasteiger partial charge in [-0.1, -0.05) is 0 Å². The van der Waals surface area contributed by atoms with E-state index in [2.05, 4.69) is 10.6 Å². The molecule has 6 heteroatoms. The van der Waals surface area contributed by atoms with Crippen LogP contribution >= 0.6 is 0 Å². The molecule has 1 aromatic carbocycles. The van der Waals surface area contributed by atoms with Crippen molar-refractivity contribution >= 4 is 29.2 Å². The maximum atomic E-state index is 12.0. The highest BCUT2D eigenvalue weighted by atomic mass is 16.5. The van der Waals surface area contributed by atoms with E-state index >= 15 is 0 Å². The van der Waals surface area contributed by atoms with Gasteiger partial charge in [-0.15, -0.1) is 0 Å². The Bertz CT molecular complexity index is 515. The Morgan fingerprint density at radius 2 is 2.22 bits per heavy atom. The van der Waals surface area contributed by atoms with E-state index in [1.54, 1.807) is 26.2 Å². The first-order chi connectivity index (χ1) is 8.50. The van der Waals surface area contributed by atoms with Crippen LogP contribution in [-0.4, -0.2) is 31.4 Å². The number of rotatable bonds is 3. The second kappa shape index (κ2) is 4.30. The molecule has 96 valence electrons. The zero-order valence-electron chi connectivity index (χ0n) is 10.3. The van der Waals surface area contributed by atoms with Crippen LogP contribution in [0.2, 0.25) is 0 Å². The molecule has 1 atom stereocenters. The van der Waals surface area contributed by atoms with Crippen LogP contribution in [0.1, 0.15) is 12.5 Å². The van der Waals surface area contributed by atoms with Gasteiger partial charge in [0.15, 0.2) is 0 Å². The van der Waals surface area contributed by atoms with Crippen LogP contribution in [0, 0.1) is 5.41 Å². The first-order valence-electron chi connectivity index (χ1n) is 5.53. The summed E-state index contributed by atoms with van der Waals surface area (Å²) in [6.07, 6.45) is 1.18. The molecule has 5 N–H and O–H groups in total. The van der Waals surface area contributed by atoms with Gasteiger partial charge in [0.2, 0.25) is 0 Å². The van der Waals surface area contributed by atoms with E-state index < -0.39 is 5.54 Å². The van der Waals surface area contributed by atoms with E-state index in [0.717, 1.165) is 5.69 Å². The minimum absolute atomic E-state index is 0.168. The number of methoxy groups -OCH3 is 1. The maximum Gasteiger partial charge on any atom is 0.252 e. The Hall–Kier alpha value is -2.08. The fourth-order valence-electron chi connectivity index (χ4n) is 1.97. The zero-order chi connectivity index (χ0) is 13.3. The molecule has 0 spiro atoms. The standard InChI is InChI=1S/C12H16N4O2/c1-12(6-18-2)11(17)15-9-4-8(14)7(5-13)3-10(9)16-12/h3-5,13,16H,6,14H2,1-2H3,(H,15,17)/t12-/m0/s1. The van der Waals surface area contributed by atoms with Gasteiger partial charge >= 0.3 is 0 Å². The van der Waals surface area contributed by atoms with Crippen LogP contribution in [0.3, 0.4) is 0 Å². The van der Waals surface area contributed by atoms with Gasteiger partial charge in [0.25, 0.3) is 5.91 Å². The number of nitrogens with two attached hydrogens (primary N) is 1. The largest absolute Gasteiger partial charge is 0.398 e. The topological polar surface area (TPSA) is 100 Å². The van der Waals surface area contributed by atoms with Gasteiger partial charge in [0, 0.05) is 24.6 Å². The molecule has 18 heavy (non-hydrogen) atoms. The lowest BCUT2D eigenvalue weighted by Gasteiger charge is -2.35. The molecule has 0 bridgehead atoms. The van der Waals surface area contributed by atoms with Gasteiger partial charge in [-0.3, -0.25) is 4.79 Å². The number of amides is 1. The minimum atomic E-state index is -0.822. The van der Waals surface area contributed by atoms with Crippen LogP contribution in [0.15, 0.2) is 12.1 Å². The molecule has 1 heterocycles. The summed E-state index contributed by atoms with van der Waals surface area (Å²) in [5.41, 5.74) is 7.38. The molecule has 0 aliphatic carbocycles. The third kappa shape index (κ3) is 1.91. The average Bonchev–Trinajstić information content (AvgIpc) is 2.31. The van der Waals surface area contributed by atoms with Crippen molar-refractivity contribution < 1.29 is 9.53 Å². The number of ether oxygens (including phenoxy) is 1. The maximum absolute atomic E-state index is 12.0. The van der Waals surface area contributed by atoms with Crippen LogP contribution in [0.5, 0.6) is 0 Å². The Balaban J connectivity index is 2.44. The Labute approximate surface area is 105 Å². The highest BCUT2D eigenvalue weighted by Gasteiger charge is 2.37. The molecule has 1 aliphatic rings. The third-order valence-electron chi connectivity index (χ3n) is 2.97. The Kier molecular flexibility index (Phi) is 2.96. The fraction of sp³-hybridized carbons (Fsp3) is 0.333. The van der Waals surface area contributed by atoms with Crippen LogP contribution in [0.4, 0.5) is 17.1 Å². The van der Waals surface area contributed by atoms with Crippen LogP contribution in [0.25, 0.3) is 0 Å². The van der Waals surface area contributed by atoms with Crippen molar-refractivity contribution in [2.75, 3.05) is 30.1 Å². The summed E-state index contributed by atoms with van der Waals surface area (Å²) in [5.74, 6) is -0.168. The number of fused-ring (bicyclic) bond motifs is 1. The quantitative estimate of drug-likeness (QED) is 0.474. The minimum Gasteiger partial charge on any atom is -0.398 e. The van der Waals surface area contributed by atoms with E-state index in [-0.39, 0.29) is 12.5 Å². The van der Waals surface area contributed by atoms with Gasteiger partial charge < -0.3 is 26.5 Å². The predicted octanol–water partition coefficient (Wildman–Crippen LogP) is 1.04. The number of carbonyl (C=O) groups is 1. The molecule has 0 saturated carbocycles. The highest BCUT2D eigenvalue weighted by Crippen LogP contribution is 2.34. The van der Waals surface area contributed by atoms with E-state index in [9.17, 15) is 4.79 Å². The summed E-state index contributed by atoms with van der Waals surface area (Å²) >= 11 is 0. The summed E-state index contributed by atoms with van der Waals surface area (Å²) in [6.45, 7) is 2.01. The summed E-state index contributed by atoms with van der Waals surface area (Å²) in [7, 11) is 1.54. The number of nitrogens with one attached hydrogen (secondary N) is 3. The molecule has 6 nitrogen and oxygen atoms in total. The van der Waals surface area contributed by atoms with Crippen molar-refractivity contribution in [3.05, 3.63) is 17.7 Å². The molecule has 0 fully saturated rings. The number of nitrogen functional groups attached to an aromatic ring is 1. The van der Waals surface area contributed by atoms with Gasteiger partial charge in [-0.2, -0.15) is 0 Å². The van der Waals surface area contributed by atoms with Crippen LogP contribution < -0.4 is 16.4 Å². The lowest BCUT2D eigenvalue weighted by Crippen LogP contribution is -2.53. The van der Waals surface area contributed by atoms with Gasteiger partial charge in [0.1, 0.15) is 5.54 Å². The molecular formula is C12H16N4O2. The number of hydrogen-bond acceptors (Lipinski definition) is 5. The summed E-state index contributed by atoms with van der Waals surface area (Å²) < 4.78 is 5.06. The van der Waals surface area contributed by atoms with Crippen LogP contribution in [-0.2, 0) is 9.53 Å². The molecule has 0 saturated heterocycles. The summed E-state index contributed by atoms with van der Waals surface area (Å²) in [6, 6.07) is 3.39. The SMILES string of the molecule is COC[C@]1(C)Nc2cc(C=N)c(N)cc2NC1=O. The molecule has 2 rings (SSSR count). The normalized spacial score (nSPS) is 21.8. The van der Waals surface area contributed by atoms with E-state index in [1.165, 1.54) is 6.21 Å². The van der Waals surface area contributed by atoms with Crippen molar-refractivity contribution in [1.29, 1.82) is 5.41 Å². The van der Waals surface area contributed by atoms with Crippen molar-refractivity contribution in [2.24, 2.45) is 0 Å². The monoisotopic (exact) mass is 248 g/mol. The molecule has 0 unspecified atom stereocenters. The third-order valence-corrected chi connectivity index (χ3v) is 2.97. The van der Waals surface area contributed by atoms with E-state index in [4.69, 9.17) is 15.9 Å². The number of carbonyl (C=O) groups excluding carboxylic acids is 1. The second-order valence-electron chi connectivity index (χ2n) is 4.52. The summed E-state index contributed by atoms with van der Waals surface area (Å²) in [5, 5.41) is 13.2. The number of benzene rings is 1.